The molecular formula is C13H12F3NO3S. The van der Waals surface area contributed by atoms with E-state index < -0.39 is 12.8 Å². The molecule has 4 nitrogen and oxygen atoms in total. The second-order valence-electron chi connectivity index (χ2n) is 4.14. The van der Waals surface area contributed by atoms with Crippen LogP contribution in [0.1, 0.15) is 5.76 Å². The molecule has 1 aromatic heterocycles. The average Bonchev–Trinajstić information content (AvgIpc) is 2.76. The summed E-state index contributed by atoms with van der Waals surface area (Å²) in [6.07, 6.45) is -4.35. The second-order valence-corrected chi connectivity index (χ2v) is 4.58. The molecule has 0 spiro atoms. The molecule has 8 heteroatoms. The van der Waals surface area contributed by atoms with Gasteiger partial charge in [-0.2, -0.15) is 13.2 Å². The predicted octanol–water partition coefficient (Wildman–Crippen LogP) is 3.02. The Bertz CT molecular complexity index is 639. The lowest BCUT2D eigenvalue weighted by Gasteiger charge is -2.09. The van der Waals surface area contributed by atoms with Crippen LogP contribution in [0.25, 0.3) is 11.0 Å². The lowest BCUT2D eigenvalue weighted by molar-refractivity contribution is -0.175. The summed E-state index contributed by atoms with van der Waals surface area (Å²) in [4.78, 5) is 0.0115. The van der Waals surface area contributed by atoms with Crippen molar-refractivity contribution in [3.05, 3.63) is 30.0 Å². The van der Waals surface area contributed by atoms with E-state index in [1.807, 2.05) is 0 Å². The number of halogens is 3. The van der Waals surface area contributed by atoms with Crippen molar-refractivity contribution in [1.82, 2.24) is 0 Å². The van der Waals surface area contributed by atoms with Crippen LogP contribution >= 0.6 is 12.2 Å². The van der Waals surface area contributed by atoms with Crippen LogP contribution in [0.5, 0.6) is 5.75 Å². The first-order valence-corrected chi connectivity index (χ1v) is 6.38. The number of rotatable bonds is 6. The van der Waals surface area contributed by atoms with Crippen molar-refractivity contribution in [1.29, 1.82) is 0 Å². The largest absolute Gasteiger partial charge is 0.486 e. The van der Waals surface area contributed by atoms with Crippen molar-refractivity contribution in [2.24, 2.45) is 5.73 Å². The third-order valence-corrected chi connectivity index (χ3v) is 2.70. The first kappa shape index (κ1) is 15.6. The summed E-state index contributed by atoms with van der Waals surface area (Å²) in [6, 6.07) is 7.00. The standard InChI is InChI=1S/C13H12F3NO3S/c14-13(15,16)7-18-5-6-19-10-8-3-1-2-4-9(8)20-11(10)12(17)21/h1-4H,5-7H2,(H2,17,21). The number of nitrogens with two attached hydrogens (primary N) is 1. The summed E-state index contributed by atoms with van der Waals surface area (Å²) in [7, 11) is 0. The Kier molecular flexibility index (Phi) is 4.69. The second kappa shape index (κ2) is 6.31. The van der Waals surface area contributed by atoms with E-state index in [2.05, 4.69) is 4.74 Å². The normalized spacial score (nSPS) is 11.8. The number of thiocarbonyl (C=S) groups is 1. The Hall–Kier alpha value is -1.80. The monoisotopic (exact) mass is 319 g/mol. The molecule has 0 amide bonds. The van der Waals surface area contributed by atoms with Gasteiger partial charge in [0.05, 0.1) is 12.0 Å². The predicted molar refractivity (Wildman–Crippen MR) is 74.5 cm³/mol. The van der Waals surface area contributed by atoms with Gasteiger partial charge in [-0.05, 0) is 12.1 Å². The molecule has 1 aromatic carbocycles. The van der Waals surface area contributed by atoms with Crippen LogP contribution in [0, 0.1) is 0 Å². The third kappa shape index (κ3) is 4.08. The molecule has 0 fully saturated rings. The van der Waals surface area contributed by atoms with Crippen molar-refractivity contribution in [3.8, 4) is 5.75 Å². The van der Waals surface area contributed by atoms with Crippen molar-refractivity contribution in [2.45, 2.75) is 6.18 Å². The molecule has 0 atom stereocenters. The Morgan fingerprint density at radius 2 is 1.95 bits per heavy atom. The highest BCUT2D eigenvalue weighted by Crippen LogP contribution is 2.32. The zero-order valence-electron chi connectivity index (χ0n) is 10.8. The number of ether oxygens (including phenoxy) is 2. The minimum atomic E-state index is -4.35. The van der Waals surface area contributed by atoms with Crippen molar-refractivity contribution >= 4 is 28.2 Å². The molecular weight excluding hydrogens is 307 g/mol. The van der Waals surface area contributed by atoms with E-state index >= 15 is 0 Å². The molecule has 21 heavy (non-hydrogen) atoms. The first-order valence-electron chi connectivity index (χ1n) is 5.97. The summed E-state index contributed by atoms with van der Waals surface area (Å²) in [5, 5.41) is 0.649. The molecule has 0 saturated heterocycles. The van der Waals surface area contributed by atoms with E-state index in [9.17, 15) is 13.2 Å². The fourth-order valence-electron chi connectivity index (χ4n) is 1.72. The highest BCUT2D eigenvalue weighted by molar-refractivity contribution is 7.80. The van der Waals surface area contributed by atoms with E-state index in [1.165, 1.54) is 0 Å². The quantitative estimate of drug-likeness (QED) is 0.655. The summed E-state index contributed by atoms with van der Waals surface area (Å²) in [6.45, 7) is -1.60. The van der Waals surface area contributed by atoms with Gasteiger partial charge in [0.25, 0.3) is 0 Å². The number of hydrogen-bond acceptors (Lipinski definition) is 4. The van der Waals surface area contributed by atoms with Crippen LogP contribution in [-0.2, 0) is 4.74 Å². The number of alkyl halides is 3. The van der Waals surface area contributed by atoms with Crippen LogP contribution in [0.3, 0.4) is 0 Å². The van der Waals surface area contributed by atoms with Crippen LogP contribution < -0.4 is 10.5 Å². The number of furan rings is 1. The van der Waals surface area contributed by atoms with Crippen LogP contribution in [-0.4, -0.2) is 31.0 Å². The molecule has 0 aliphatic carbocycles. The third-order valence-electron chi connectivity index (χ3n) is 2.51. The molecule has 0 saturated carbocycles. The van der Waals surface area contributed by atoms with Gasteiger partial charge in [-0.15, -0.1) is 0 Å². The van der Waals surface area contributed by atoms with Crippen LogP contribution in [0.15, 0.2) is 28.7 Å². The summed E-state index contributed by atoms with van der Waals surface area (Å²) < 4.78 is 51.1. The summed E-state index contributed by atoms with van der Waals surface area (Å²) >= 11 is 4.87. The fraction of sp³-hybridized carbons (Fsp3) is 0.308. The van der Waals surface area contributed by atoms with E-state index in [0.717, 1.165) is 0 Å². The average molecular weight is 319 g/mol. The fourth-order valence-corrected chi connectivity index (χ4v) is 1.85. The number of hydrogen-bond donors (Lipinski definition) is 1. The summed E-state index contributed by atoms with van der Waals surface area (Å²) in [5.74, 6) is 0.510. The lowest BCUT2D eigenvalue weighted by atomic mass is 10.2. The molecule has 114 valence electrons. The molecule has 0 unspecified atom stereocenters. The number of benzene rings is 1. The number of para-hydroxylation sites is 1. The van der Waals surface area contributed by atoms with Gasteiger partial charge < -0.3 is 19.6 Å². The maximum atomic E-state index is 11.9. The highest BCUT2D eigenvalue weighted by atomic mass is 32.1. The molecule has 2 rings (SSSR count). The molecule has 1 heterocycles. The zero-order chi connectivity index (χ0) is 15.5. The van der Waals surface area contributed by atoms with Gasteiger partial charge in [-0.25, -0.2) is 0 Å². The van der Waals surface area contributed by atoms with Crippen molar-refractivity contribution < 1.29 is 27.1 Å². The zero-order valence-corrected chi connectivity index (χ0v) is 11.6. The molecule has 0 aliphatic heterocycles. The van der Waals surface area contributed by atoms with Gasteiger partial charge in [0.15, 0.2) is 5.75 Å². The van der Waals surface area contributed by atoms with Gasteiger partial charge >= 0.3 is 6.18 Å². The minimum Gasteiger partial charge on any atom is -0.486 e. The Balaban J connectivity index is 2.04. The number of fused-ring (bicyclic) bond motifs is 1. The minimum absolute atomic E-state index is 0.0115. The smallest absolute Gasteiger partial charge is 0.411 e. The van der Waals surface area contributed by atoms with E-state index in [-0.39, 0.29) is 24.0 Å². The maximum absolute atomic E-state index is 11.9. The highest BCUT2D eigenvalue weighted by Gasteiger charge is 2.27. The van der Waals surface area contributed by atoms with Crippen molar-refractivity contribution in [3.63, 3.8) is 0 Å². The van der Waals surface area contributed by atoms with Crippen LogP contribution in [0.2, 0.25) is 0 Å². The van der Waals surface area contributed by atoms with Gasteiger partial charge in [0, 0.05) is 0 Å². The molecule has 2 aromatic rings. The first-order chi connectivity index (χ1) is 9.88. The van der Waals surface area contributed by atoms with E-state index in [4.69, 9.17) is 27.1 Å². The molecule has 0 radical (unpaired) electrons. The maximum Gasteiger partial charge on any atom is 0.411 e. The van der Waals surface area contributed by atoms with Gasteiger partial charge in [0.2, 0.25) is 5.76 Å². The van der Waals surface area contributed by atoms with Gasteiger partial charge in [0.1, 0.15) is 23.8 Å². The van der Waals surface area contributed by atoms with E-state index in [1.54, 1.807) is 24.3 Å². The lowest BCUT2D eigenvalue weighted by Crippen LogP contribution is -2.19. The van der Waals surface area contributed by atoms with Gasteiger partial charge in [-0.1, -0.05) is 24.4 Å². The van der Waals surface area contributed by atoms with Gasteiger partial charge in [-0.3, -0.25) is 0 Å². The molecule has 0 aliphatic rings. The Morgan fingerprint density at radius 3 is 2.62 bits per heavy atom. The topological polar surface area (TPSA) is 57.6 Å². The Labute approximate surface area is 123 Å². The van der Waals surface area contributed by atoms with E-state index in [0.29, 0.717) is 16.7 Å². The molecule has 0 bridgehead atoms. The summed E-state index contributed by atoms with van der Waals surface area (Å²) in [5.41, 5.74) is 6.08. The van der Waals surface area contributed by atoms with Crippen LogP contribution in [0.4, 0.5) is 13.2 Å². The molecule has 2 N–H and O–H groups in total. The SMILES string of the molecule is NC(=S)c1oc2ccccc2c1OCCOCC(F)(F)F. The van der Waals surface area contributed by atoms with Crippen molar-refractivity contribution in [2.75, 3.05) is 19.8 Å². The Morgan fingerprint density at radius 1 is 1.24 bits per heavy atom.